The Kier molecular flexibility index (Phi) is 3.81. The van der Waals surface area contributed by atoms with Crippen molar-refractivity contribution in [2.24, 2.45) is 0 Å². The number of hydrogen-bond donors (Lipinski definition) is 1. The van der Waals surface area contributed by atoms with Crippen molar-refractivity contribution in [3.8, 4) is 5.75 Å². The van der Waals surface area contributed by atoms with Crippen LogP contribution in [0.3, 0.4) is 0 Å². The highest BCUT2D eigenvalue weighted by atomic mass is 32.2. The summed E-state index contributed by atoms with van der Waals surface area (Å²) in [4.78, 5) is 10.9. The molecule has 1 aromatic rings. The van der Waals surface area contributed by atoms with Gasteiger partial charge in [-0.1, -0.05) is 12.6 Å². The second kappa shape index (κ2) is 4.91. The maximum atomic E-state index is 11.4. The molecule has 0 atom stereocenters. The SMILES string of the molecule is C=CC(=O)Oc1cccc(S(=O)(=O)NC)c1. The standard InChI is InChI=1S/C10H11NO4S/c1-3-10(12)15-8-5-4-6-9(7-8)16(13,14)11-2/h3-7,11H,1H2,2H3. The predicted molar refractivity (Wildman–Crippen MR) is 58.5 cm³/mol. The summed E-state index contributed by atoms with van der Waals surface area (Å²) in [7, 11) is -2.23. The third-order valence-electron chi connectivity index (χ3n) is 1.77. The minimum Gasteiger partial charge on any atom is -0.423 e. The van der Waals surface area contributed by atoms with Crippen LogP contribution >= 0.6 is 0 Å². The lowest BCUT2D eigenvalue weighted by Gasteiger charge is -2.05. The fourth-order valence-electron chi connectivity index (χ4n) is 0.981. The summed E-state index contributed by atoms with van der Waals surface area (Å²) in [6.45, 7) is 3.24. The molecular weight excluding hydrogens is 230 g/mol. The van der Waals surface area contributed by atoms with Crippen LogP contribution in [0.4, 0.5) is 0 Å². The highest BCUT2D eigenvalue weighted by molar-refractivity contribution is 7.89. The molecule has 0 saturated carbocycles. The normalized spacial score (nSPS) is 10.8. The average molecular weight is 241 g/mol. The van der Waals surface area contributed by atoms with Gasteiger partial charge in [0.1, 0.15) is 5.75 Å². The molecule has 6 heteroatoms. The molecule has 0 bridgehead atoms. The van der Waals surface area contributed by atoms with Crippen LogP contribution in [0.1, 0.15) is 0 Å². The summed E-state index contributed by atoms with van der Waals surface area (Å²) in [6, 6.07) is 5.62. The third-order valence-corrected chi connectivity index (χ3v) is 3.18. The van der Waals surface area contributed by atoms with Crippen LogP contribution in [0.5, 0.6) is 5.75 Å². The van der Waals surface area contributed by atoms with E-state index < -0.39 is 16.0 Å². The van der Waals surface area contributed by atoms with E-state index in [0.717, 1.165) is 6.08 Å². The number of ether oxygens (including phenoxy) is 1. The average Bonchev–Trinajstić information content (AvgIpc) is 2.29. The number of esters is 1. The smallest absolute Gasteiger partial charge is 0.335 e. The predicted octanol–water partition coefficient (Wildman–Crippen LogP) is 0.686. The lowest BCUT2D eigenvalue weighted by atomic mass is 10.3. The van der Waals surface area contributed by atoms with E-state index in [2.05, 4.69) is 11.3 Å². The van der Waals surface area contributed by atoms with Crippen molar-refractivity contribution in [2.75, 3.05) is 7.05 Å². The maximum absolute atomic E-state index is 11.4. The highest BCUT2D eigenvalue weighted by Gasteiger charge is 2.12. The van der Waals surface area contributed by atoms with Crippen LogP contribution in [-0.2, 0) is 14.8 Å². The molecule has 0 aromatic heterocycles. The van der Waals surface area contributed by atoms with Crippen molar-refractivity contribution in [1.29, 1.82) is 0 Å². The van der Waals surface area contributed by atoms with Crippen LogP contribution in [-0.4, -0.2) is 21.4 Å². The van der Waals surface area contributed by atoms with E-state index in [1.807, 2.05) is 0 Å². The van der Waals surface area contributed by atoms with Crippen LogP contribution in [0.2, 0.25) is 0 Å². The summed E-state index contributed by atoms with van der Waals surface area (Å²) in [5, 5.41) is 0. The van der Waals surface area contributed by atoms with E-state index in [1.54, 1.807) is 0 Å². The van der Waals surface area contributed by atoms with E-state index in [0.29, 0.717) is 0 Å². The molecule has 0 spiro atoms. The van der Waals surface area contributed by atoms with Gasteiger partial charge in [-0.3, -0.25) is 0 Å². The minimum absolute atomic E-state index is 0.0318. The number of hydrogen-bond acceptors (Lipinski definition) is 4. The second-order valence-electron chi connectivity index (χ2n) is 2.81. The van der Waals surface area contributed by atoms with E-state index in [-0.39, 0.29) is 10.6 Å². The Bertz CT molecular complexity index is 507. The van der Waals surface area contributed by atoms with E-state index in [9.17, 15) is 13.2 Å². The van der Waals surface area contributed by atoms with Gasteiger partial charge >= 0.3 is 5.97 Å². The molecule has 16 heavy (non-hydrogen) atoms. The number of carbonyl (C=O) groups excluding carboxylic acids is 1. The molecule has 1 aromatic carbocycles. The maximum Gasteiger partial charge on any atom is 0.335 e. The van der Waals surface area contributed by atoms with Gasteiger partial charge in [0.15, 0.2) is 0 Å². The Labute approximate surface area is 93.8 Å². The lowest BCUT2D eigenvalue weighted by Crippen LogP contribution is -2.18. The molecule has 5 nitrogen and oxygen atoms in total. The topological polar surface area (TPSA) is 72.5 Å². The molecule has 1 N–H and O–H groups in total. The Hall–Kier alpha value is -1.66. The molecule has 86 valence electrons. The van der Waals surface area contributed by atoms with E-state index in [1.165, 1.54) is 31.3 Å². The van der Waals surface area contributed by atoms with Crippen molar-refractivity contribution < 1.29 is 17.9 Å². The van der Waals surface area contributed by atoms with Gasteiger partial charge in [0.2, 0.25) is 10.0 Å². The first-order valence-electron chi connectivity index (χ1n) is 4.37. The van der Waals surface area contributed by atoms with Gasteiger partial charge in [0.25, 0.3) is 0 Å². The largest absolute Gasteiger partial charge is 0.423 e. The fraction of sp³-hybridized carbons (Fsp3) is 0.100. The third kappa shape index (κ3) is 2.91. The Balaban J connectivity index is 3.05. The van der Waals surface area contributed by atoms with Crippen LogP contribution in [0, 0.1) is 0 Å². The summed E-state index contributed by atoms with van der Waals surface area (Å²) in [6.07, 6.45) is 0.999. The van der Waals surface area contributed by atoms with Crippen LogP contribution < -0.4 is 9.46 Å². The van der Waals surface area contributed by atoms with Gasteiger partial charge in [-0.2, -0.15) is 0 Å². The number of benzene rings is 1. The van der Waals surface area contributed by atoms with Crippen molar-refractivity contribution >= 4 is 16.0 Å². The number of rotatable bonds is 4. The van der Waals surface area contributed by atoms with Gasteiger partial charge in [0.05, 0.1) is 4.90 Å². The summed E-state index contributed by atoms with van der Waals surface area (Å²) < 4.78 is 29.8. The number of sulfonamides is 1. The first-order valence-corrected chi connectivity index (χ1v) is 5.86. The first kappa shape index (κ1) is 12.4. The zero-order valence-electron chi connectivity index (χ0n) is 8.64. The van der Waals surface area contributed by atoms with Gasteiger partial charge in [-0.25, -0.2) is 17.9 Å². The molecular formula is C10H11NO4S. The fourth-order valence-corrected chi connectivity index (χ4v) is 1.75. The van der Waals surface area contributed by atoms with Crippen molar-refractivity contribution in [3.05, 3.63) is 36.9 Å². The molecule has 0 radical (unpaired) electrons. The van der Waals surface area contributed by atoms with Gasteiger partial charge in [-0.15, -0.1) is 0 Å². The summed E-state index contributed by atoms with van der Waals surface area (Å²) in [5.74, 6) is -0.486. The molecule has 0 saturated heterocycles. The van der Waals surface area contributed by atoms with Crippen molar-refractivity contribution in [3.63, 3.8) is 0 Å². The zero-order chi connectivity index (χ0) is 12.2. The molecule has 0 aliphatic heterocycles. The minimum atomic E-state index is -3.53. The molecule has 0 heterocycles. The summed E-state index contributed by atoms with van der Waals surface area (Å²) in [5.41, 5.74) is 0. The van der Waals surface area contributed by atoms with E-state index >= 15 is 0 Å². The monoisotopic (exact) mass is 241 g/mol. The highest BCUT2D eigenvalue weighted by Crippen LogP contribution is 2.17. The summed E-state index contributed by atoms with van der Waals surface area (Å²) >= 11 is 0. The van der Waals surface area contributed by atoms with Crippen LogP contribution in [0.25, 0.3) is 0 Å². The van der Waals surface area contributed by atoms with Gasteiger partial charge in [-0.05, 0) is 19.2 Å². The first-order chi connectivity index (χ1) is 7.49. The molecule has 0 aliphatic carbocycles. The number of carbonyl (C=O) groups is 1. The van der Waals surface area contributed by atoms with Crippen LogP contribution in [0.15, 0.2) is 41.8 Å². The Morgan fingerprint density at radius 1 is 1.50 bits per heavy atom. The van der Waals surface area contributed by atoms with Gasteiger partial charge in [0, 0.05) is 12.1 Å². The molecule has 0 amide bonds. The van der Waals surface area contributed by atoms with Crippen molar-refractivity contribution in [1.82, 2.24) is 4.72 Å². The molecule has 0 fully saturated rings. The van der Waals surface area contributed by atoms with Gasteiger partial charge < -0.3 is 4.74 Å². The second-order valence-corrected chi connectivity index (χ2v) is 4.69. The molecule has 1 rings (SSSR count). The number of nitrogens with one attached hydrogen (secondary N) is 1. The van der Waals surface area contributed by atoms with E-state index in [4.69, 9.17) is 4.74 Å². The Morgan fingerprint density at radius 2 is 2.19 bits per heavy atom. The zero-order valence-corrected chi connectivity index (χ0v) is 9.45. The quantitative estimate of drug-likeness (QED) is 0.478. The molecule has 0 aliphatic rings. The lowest BCUT2D eigenvalue weighted by molar-refractivity contribution is -0.128. The van der Waals surface area contributed by atoms with Crippen molar-refractivity contribution in [2.45, 2.75) is 4.90 Å². The Morgan fingerprint density at radius 3 is 2.75 bits per heavy atom. The molecule has 0 unspecified atom stereocenters.